The predicted molar refractivity (Wildman–Crippen MR) is 282 cm³/mol. The van der Waals surface area contributed by atoms with Gasteiger partial charge in [-0.25, -0.2) is 0 Å². The van der Waals surface area contributed by atoms with E-state index in [2.05, 4.69) is 185 Å². The summed E-state index contributed by atoms with van der Waals surface area (Å²) in [6.07, 6.45) is 21.2. The minimum Gasteiger partial charge on any atom is -0.310 e. The minimum absolute atomic E-state index is 0.0852. The van der Waals surface area contributed by atoms with Crippen LogP contribution in [0.2, 0.25) is 0 Å². The van der Waals surface area contributed by atoms with Crippen LogP contribution in [0, 0.1) is 13.8 Å². The van der Waals surface area contributed by atoms with E-state index in [1.165, 1.54) is 169 Å². The second-order valence-corrected chi connectivity index (χ2v) is 18.4. The Bertz CT molecular complexity index is 2330. The Kier molecular flexibility index (Phi) is 18.4. The van der Waals surface area contributed by atoms with Crippen molar-refractivity contribution in [1.82, 2.24) is 0 Å². The Morgan fingerprint density at radius 3 is 1.20 bits per heavy atom. The molecule has 0 unspecified atom stereocenters. The molecule has 2 nitrogen and oxygen atoms in total. The van der Waals surface area contributed by atoms with Crippen LogP contribution in [0.25, 0.3) is 11.1 Å². The highest BCUT2D eigenvalue weighted by Gasteiger charge is 2.43. The molecule has 6 aromatic rings. The molecule has 0 spiro atoms. The first-order valence-corrected chi connectivity index (χ1v) is 25.6. The average Bonchev–Trinajstić information content (AvgIpc) is 3.58. The lowest BCUT2D eigenvalue weighted by atomic mass is 9.70. The molecule has 0 saturated heterocycles. The molecule has 0 aliphatic heterocycles. The van der Waals surface area contributed by atoms with Gasteiger partial charge in [0.1, 0.15) is 0 Å². The molecule has 0 radical (unpaired) electrons. The zero-order chi connectivity index (χ0) is 45.3. The van der Waals surface area contributed by atoms with Gasteiger partial charge in [0.15, 0.2) is 0 Å². The van der Waals surface area contributed by atoms with E-state index in [0.717, 1.165) is 19.3 Å². The molecular formula is C62H80N2. The molecule has 1 aliphatic carbocycles. The second-order valence-electron chi connectivity index (χ2n) is 18.4. The van der Waals surface area contributed by atoms with E-state index in [-0.39, 0.29) is 5.41 Å². The highest BCUT2D eigenvalue weighted by atomic mass is 15.1. The first-order chi connectivity index (χ1) is 31.4. The topological polar surface area (TPSA) is 6.48 Å². The molecule has 0 saturated carbocycles. The normalized spacial score (nSPS) is 12.3. The van der Waals surface area contributed by atoms with Gasteiger partial charge in [-0.1, -0.05) is 186 Å². The van der Waals surface area contributed by atoms with Gasteiger partial charge in [0.05, 0.1) is 0 Å². The third-order valence-electron chi connectivity index (χ3n) is 13.6. The van der Waals surface area contributed by atoms with Crippen molar-refractivity contribution in [3.8, 4) is 11.1 Å². The van der Waals surface area contributed by atoms with Gasteiger partial charge >= 0.3 is 0 Å². The molecular weight excluding hydrogens is 773 g/mol. The Balaban J connectivity index is 0.00000335. The molecule has 7 rings (SSSR count). The summed E-state index contributed by atoms with van der Waals surface area (Å²) in [7, 11) is 0. The lowest BCUT2D eigenvalue weighted by Crippen LogP contribution is -2.26. The van der Waals surface area contributed by atoms with Crippen LogP contribution < -0.4 is 9.80 Å². The Hall–Kier alpha value is -5.08. The van der Waals surface area contributed by atoms with Gasteiger partial charge in [0.2, 0.25) is 0 Å². The molecule has 0 fully saturated rings. The number of fused-ring (bicyclic) bond motifs is 3. The standard InChI is InChI=1S/C60H74N2.C2H6/c1-7-11-13-15-17-19-38-60(39-20-18-16-14-12-8-2)58-44-54(61(50-30-21-26-46(5)40-50)52-32-23-28-48(10-4)42-52)34-36-56(58)57-37-35-55(45-59(57)60)62(51-31-22-27-47(6)41-51)53-33-24-29-49(43-53)25-9-3;1-2/h21-24,26-37,40-45H,7-20,25,38-39H2,1-6H3;1-2H3. The van der Waals surface area contributed by atoms with E-state index >= 15 is 0 Å². The molecule has 338 valence electrons. The minimum atomic E-state index is -0.0852. The smallest absolute Gasteiger partial charge is 0.0465 e. The zero-order valence-corrected chi connectivity index (χ0v) is 41.1. The van der Waals surface area contributed by atoms with Gasteiger partial charge < -0.3 is 9.80 Å². The number of hydrogen-bond donors (Lipinski definition) is 0. The van der Waals surface area contributed by atoms with E-state index in [4.69, 9.17) is 0 Å². The summed E-state index contributed by atoms with van der Waals surface area (Å²) in [5.41, 5.74) is 18.5. The zero-order valence-electron chi connectivity index (χ0n) is 41.1. The van der Waals surface area contributed by atoms with E-state index in [1.807, 2.05) is 13.8 Å². The summed E-state index contributed by atoms with van der Waals surface area (Å²) in [6, 6.07) is 51.6. The third-order valence-corrected chi connectivity index (χ3v) is 13.6. The van der Waals surface area contributed by atoms with Crippen LogP contribution in [-0.4, -0.2) is 0 Å². The fourth-order valence-electron chi connectivity index (χ4n) is 10.3. The molecule has 1 aliphatic rings. The maximum Gasteiger partial charge on any atom is 0.0465 e. The van der Waals surface area contributed by atoms with Crippen LogP contribution in [0.4, 0.5) is 34.1 Å². The number of anilines is 6. The summed E-state index contributed by atoms with van der Waals surface area (Å²) in [5.74, 6) is 0. The maximum atomic E-state index is 2.63. The monoisotopic (exact) mass is 853 g/mol. The quantitative estimate of drug-likeness (QED) is 0.0593. The van der Waals surface area contributed by atoms with Crippen molar-refractivity contribution in [2.45, 2.75) is 170 Å². The predicted octanol–water partition coefficient (Wildman–Crippen LogP) is 19.6. The summed E-state index contributed by atoms with van der Waals surface area (Å²) < 4.78 is 0. The lowest BCUT2D eigenvalue weighted by molar-refractivity contribution is 0.398. The molecule has 6 aromatic carbocycles. The van der Waals surface area contributed by atoms with Crippen LogP contribution in [0.5, 0.6) is 0 Å². The number of hydrogen-bond acceptors (Lipinski definition) is 2. The Morgan fingerprint density at radius 2 is 0.766 bits per heavy atom. The molecule has 0 aromatic heterocycles. The van der Waals surface area contributed by atoms with E-state index < -0.39 is 0 Å². The van der Waals surface area contributed by atoms with Crippen molar-refractivity contribution in [3.05, 3.63) is 167 Å². The van der Waals surface area contributed by atoms with Crippen LogP contribution in [0.15, 0.2) is 133 Å². The van der Waals surface area contributed by atoms with Gasteiger partial charge in [-0.2, -0.15) is 0 Å². The van der Waals surface area contributed by atoms with E-state index in [0.29, 0.717) is 0 Å². The van der Waals surface area contributed by atoms with E-state index in [9.17, 15) is 0 Å². The van der Waals surface area contributed by atoms with Crippen molar-refractivity contribution in [2.75, 3.05) is 9.80 Å². The van der Waals surface area contributed by atoms with Crippen LogP contribution in [0.3, 0.4) is 0 Å². The highest BCUT2D eigenvalue weighted by molar-refractivity contribution is 5.88. The first-order valence-electron chi connectivity index (χ1n) is 25.6. The lowest BCUT2D eigenvalue weighted by Gasteiger charge is -2.35. The van der Waals surface area contributed by atoms with Crippen molar-refractivity contribution in [1.29, 1.82) is 0 Å². The second kappa shape index (κ2) is 24.3. The largest absolute Gasteiger partial charge is 0.310 e. The van der Waals surface area contributed by atoms with Crippen molar-refractivity contribution in [2.24, 2.45) is 0 Å². The number of aryl methyl sites for hydroxylation is 4. The summed E-state index contributed by atoms with van der Waals surface area (Å²) >= 11 is 0. The molecule has 2 heteroatoms. The number of unbranched alkanes of at least 4 members (excludes halogenated alkanes) is 10. The summed E-state index contributed by atoms with van der Waals surface area (Å²) in [5, 5.41) is 0. The fourth-order valence-corrected chi connectivity index (χ4v) is 10.3. The van der Waals surface area contributed by atoms with Crippen LogP contribution in [-0.2, 0) is 18.3 Å². The molecule has 0 bridgehead atoms. The molecule has 0 amide bonds. The number of nitrogens with zero attached hydrogens (tertiary/aromatic N) is 2. The third kappa shape index (κ3) is 11.6. The maximum absolute atomic E-state index is 2.63. The Labute approximate surface area is 390 Å². The van der Waals surface area contributed by atoms with Gasteiger partial charge in [-0.3, -0.25) is 0 Å². The molecule has 0 atom stereocenters. The summed E-state index contributed by atoms with van der Waals surface area (Å²) in [6.45, 7) is 17.6. The van der Waals surface area contributed by atoms with Crippen molar-refractivity contribution < 1.29 is 0 Å². The highest BCUT2D eigenvalue weighted by Crippen LogP contribution is 2.57. The SMILES string of the molecule is CC.CCCCCCCCC1(CCCCCCCC)c2cc(N(c3cccc(C)c3)c3cccc(CC)c3)ccc2-c2ccc(N(c3cccc(C)c3)c3cccc(CCC)c3)cc21. The number of benzene rings is 6. The molecule has 0 N–H and O–H groups in total. The summed E-state index contributed by atoms with van der Waals surface area (Å²) in [4.78, 5) is 5.05. The van der Waals surface area contributed by atoms with Gasteiger partial charge in [0, 0.05) is 39.5 Å². The van der Waals surface area contributed by atoms with Crippen LogP contribution in [0.1, 0.15) is 171 Å². The molecule has 64 heavy (non-hydrogen) atoms. The van der Waals surface area contributed by atoms with Crippen molar-refractivity contribution in [3.63, 3.8) is 0 Å². The average molecular weight is 853 g/mol. The van der Waals surface area contributed by atoms with Gasteiger partial charge in [-0.05, 0) is 157 Å². The Morgan fingerprint density at radius 1 is 0.375 bits per heavy atom. The van der Waals surface area contributed by atoms with Gasteiger partial charge in [0.25, 0.3) is 0 Å². The van der Waals surface area contributed by atoms with Crippen molar-refractivity contribution >= 4 is 34.1 Å². The van der Waals surface area contributed by atoms with Gasteiger partial charge in [-0.15, -0.1) is 0 Å². The van der Waals surface area contributed by atoms with Crippen LogP contribution >= 0.6 is 0 Å². The fraction of sp³-hybridized carbons (Fsp3) is 0.419. The van der Waals surface area contributed by atoms with E-state index in [1.54, 1.807) is 0 Å². The number of rotatable bonds is 23. The molecule has 0 heterocycles. The first kappa shape index (κ1) is 48.4.